The molecule has 0 unspecified atom stereocenters. The molecule has 1 rings (SSSR count). The fraction of sp³-hybridized carbons (Fsp3) is 0.429. The van der Waals surface area contributed by atoms with E-state index in [-0.39, 0.29) is 5.91 Å². The highest BCUT2D eigenvalue weighted by atomic mass is 32.1. The van der Waals surface area contributed by atoms with Gasteiger partial charge in [-0.15, -0.1) is 11.3 Å². The van der Waals surface area contributed by atoms with Gasteiger partial charge in [-0.05, 0) is 45.4 Å². The molecule has 0 bridgehead atoms. The number of alkyl carbamates (subject to hydrolysis) is 1. The van der Waals surface area contributed by atoms with Crippen LogP contribution in [0, 0.1) is 0 Å². The van der Waals surface area contributed by atoms with Crippen molar-refractivity contribution in [2.45, 2.75) is 32.8 Å². The minimum absolute atomic E-state index is 0.300. The summed E-state index contributed by atoms with van der Waals surface area (Å²) in [5, 5.41) is 2.67. The normalized spacial score (nSPS) is 11.4. The summed E-state index contributed by atoms with van der Waals surface area (Å²) in [7, 11) is 0. The Hall–Kier alpha value is -1.86. The Morgan fingerprint density at radius 2 is 2.10 bits per heavy atom. The second-order valence-electron chi connectivity index (χ2n) is 5.30. The molecule has 0 spiro atoms. The standard InChI is InChI=1S/C14H21N3O3S/c1-14(2,3)20-13(19)16-9-5-4-6-10-7-8-11(21-10)12(18)17-15/h4,6-8H,5,9,15H2,1-3H3,(H,16,19)(H,17,18). The van der Waals surface area contributed by atoms with Crippen LogP contribution in [0.25, 0.3) is 6.08 Å². The molecule has 0 aliphatic carbocycles. The summed E-state index contributed by atoms with van der Waals surface area (Å²) in [4.78, 5) is 24.2. The third-order valence-corrected chi connectivity index (χ3v) is 3.29. The Morgan fingerprint density at radius 3 is 2.71 bits per heavy atom. The van der Waals surface area contributed by atoms with Crippen LogP contribution in [0.2, 0.25) is 0 Å². The number of hydrogen-bond acceptors (Lipinski definition) is 5. The predicted octanol–water partition coefficient (Wildman–Crippen LogP) is 2.28. The lowest BCUT2D eigenvalue weighted by Crippen LogP contribution is -2.32. The van der Waals surface area contributed by atoms with Gasteiger partial charge in [-0.25, -0.2) is 10.6 Å². The van der Waals surface area contributed by atoms with Crippen molar-refractivity contribution < 1.29 is 14.3 Å². The van der Waals surface area contributed by atoms with Gasteiger partial charge in [-0.1, -0.05) is 6.08 Å². The van der Waals surface area contributed by atoms with E-state index in [2.05, 4.69) is 10.7 Å². The zero-order valence-corrected chi connectivity index (χ0v) is 13.3. The first-order valence-electron chi connectivity index (χ1n) is 6.56. The van der Waals surface area contributed by atoms with Crippen LogP contribution in [0.5, 0.6) is 0 Å². The summed E-state index contributed by atoms with van der Waals surface area (Å²) in [6.45, 7) is 5.95. The van der Waals surface area contributed by atoms with E-state index in [1.807, 2.05) is 39.0 Å². The minimum atomic E-state index is -0.489. The van der Waals surface area contributed by atoms with Gasteiger partial charge in [0.05, 0.1) is 4.88 Å². The zero-order valence-electron chi connectivity index (χ0n) is 12.4. The van der Waals surface area contributed by atoms with E-state index in [0.29, 0.717) is 17.8 Å². The van der Waals surface area contributed by atoms with E-state index in [9.17, 15) is 9.59 Å². The van der Waals surface area contributed by atoms with Crippen molar-refractivity contribution in [3.63, 3.8) is 0 Å². The average Bonchev–Trinajstić information content (AvgIpc) is 2.84. The van der Waals surface area contributed by atoms with Crippen LogP contribution in [-0.4, -0.2) is 24.1 Å². The summed E-state index contributed by atoms with van der Waals surface area (Å²) in [6.07, 6.45) is 4.08. The molecule has 1 aromatic rings. The Morgan fingerprint density at radius 1 is 1.38 bits per heavy atom. The topological polar surface area (TPSA) is 93.4 Å². The first kappa shape index (κ1) is 17.2. The molecule has 0 saturated heterocycles. The monoisotopic (exact) mass is 311 g/mol. The van der Waals surface area contributed by atoms with Crippen LogP contribution in [-0.2, 0) is 4.74 Å². The summed E-state index contributed by atoms with van der Waals surface area (Å²) in [5.74, 6) is 4.76. The molecule has 0 saturated carbocycles. The number of hydrazine groups is 1. The summed E-state index contributed by atoms with van der Waals surface area (Å²) in [5.41, 5.74) is 1.60. The molecular formula is C14H21N3O3S. The van der Waals surface area contributed by atoms with Gasteiger partial charge in [0.1, 0.15) is 5.60 Å². The number of thiophene rings is 1. The van der Waals surface area contributed by atoms with Gasteiger partial charge in [0, 0.05) is 11.4 Å². The SMILES string of the molecule is CC(C)(C)OC(=O)NCCC=Cc1ccc(C(=O)NN)s1. The number of nitrogens with two attached hydrogens (primary N) is 1. The smallest absolute Gasteiger partial charge is 0.407 e. The van der Waals surface area contributed by atoms with Crippen LogP contribution in [0.3, 0.4) is 0 Å². The van der Waals surface area contributed by atoms with Crippen molar-refractivity contribution in [2.75, 3.05) is 6.54 Å². The highest BCUT2D eigenvalue weighted by Gasteiger charge is 2.15. The first-order chi connectivity index (χ1) is 9.81. The predicted molar refractivity (Wildman–Crippen MR) is 83.9 cm³/mol. The molecule has 0 aromatic carbocycles. The Balaban J connectivity index is 2.31. The maximum absolute atomic E-state index is 11.4. The van der Waals surface area contributed by atoms with Crippen molar-refractivity contribution in [3.05, 3.63) is 28.0 Å². The van der Waals surface area contributed by atoms with E-state index < -0.39 is 11.7 Å². The number of nitrogens with one attached hydrogen (secondary N) is 2. The number of carbonyl (C=O) groups is 2. The lowest BCUT2D eigenvalue weighted by atomic mass is 10.2. The lowest BCUT2D eigenvalue weighted by molar-refractivity contribution is 0.0528. The van der Waals surface area contributed by atoms with Crippen LogP contribution in [0.1, 0.15) is 41.7 Å². The molecule has 0 aliphatic heterocycles. The molecule has 0 radical (unpaired) electrons. The van der Waals surface area contributed by atoms with Gasteiger partial charge in [-0.2, -0.15) is 0 Å². The summed E-state index contributed by atoms with van der Waals surface area (Å²) >= 11 is 1.35. The van der Waals surface area contributed by atoms with Crippen molar-refractivity contribution in [3.8, 4) is 0 Å². The molecular weight excluding hydrogens is 290 g/mol. The molecule has 4 N–H and O–H groups in total. The fourth-order valence-corrected chi connectivity index (χ4v) is 2.25. The van der Waals surface area contributed by atoms with Crippen molar-refractivity contribution in [2.24, 2.45) is 5.84 Å². The average molecular weight is 311 g/mol. The Labute approximate surface area is 128 Å². The third kappa shape index (κ3) is 6.92. The van der Waals surface area contributed by atoms with E-state index in [4.69, 9.17) is 10.6 Å². The molecule has 1 heterocycles. The fourth-order valence-electron chi connectivity index (χ4n) is 1.41. The molecule has 1 aromatic heterocycles. The number of hydrogen-bond donors (Lipinski definition) is 3. The maximum Gasteiger partial charge on any atom is 0.407 e. The summed E-state index contributed by atoms with van der Waals surface area (Å²) in [6, 6.07) is 3.55. The van der Waals surface area contributed by atoms with Gasteiger partial charge >= 0.3 is 6.09 Å². The molecule has 2 amide bonds. The molecule has 0 fully saturated rings. The Bertz CT molecular complexity index is 518. The third-order valence-electron chi connectivity index (χ3n) is 2.24. The maximum atomic E-state index is 11.4. The van der Waals surface area contributed by atoms with Crippen LogP contribution in [0.15, 0.2) is 18.2 Å². The highest BCUT2D eigenvalue weighted by Crippen LogP contribution is 2.17. The lowest BCUT2D eigenvalue weighted by Gasteiger charge is -2.19. The highest BCUT2D eigenvalue weighted by molar-refractivity contribution is 7.14. The number of nitrogen functional groups attached to an aromatic ring is 1. The van der Waals surface area contributed by atoms with E-state index in [1.54, 1.807) is 6.07 Å². The van der Waals surface area contributed by atoms with E-state index >= 15 is 0 Å². The number of amides is 2. The molecule has 0 atom stereocenters. The van der Waals surface area contributed by atoms with Gasteiger partial charge in [-0.3, -0.25) is 10.2 Å². The second-order valence-corrected chi connectivity index (χ2v) is 6.41. The van der Waals surface area contributed by atoms with Crippen molar-refractivity contribution in [1.82, 2.24) is 10.7 Å². The van der Waals surface area contributed by atoms with Crippen LogP contribution < -0.4 is 16.6 Å². The molecule has 7 heteroatoms. The van der Waals surface area contributed by atoms with Crippen LogP contribution >= 0.6 is 11.3 Å². The van der Waals surface area contributed by atoms with Gasteiger partial charge in [0.2, 0.25) is 0 Å². The molecule has 0 aliphatic rings. The second kappa shape index (κ2) is 7.80. The number of rotatable bonds is 5. The van der Waals surface area contributed by atoms with Crippen LogP contribution in [0.4, 0.5) is 4.79 Å². The number of ether oxygens (including phenoxy) is 1. The molecule has 21 heavy (non-hydrogen) atoms. The first-order valence-corrected chi connectivity index (χ1v) is 7.37. The quantitative estimate of drug-likeness (QED) is 0.336. The van der Waals surface area contributed by atoms with E-state index in [1.165, 1.54) is 11.3 Å². The number of carbonyl (C=O) groups excluding carboxylic acids is 2. The summed E-state index contributed by atoms with van der Waals surface area (Å²) < 4.78 is 5.12. The molecule has 116 valence electrons. The van der Waals surface area contributed by atoms with Gasteiger partial charge in [0.15, 0.2) is 0 Å². The van der Waals surface area contributed by atoms with Gasteiger partial charge in [0.25, 0.3) is 5.91 Å². The van der Waals surface area contributed by atoms with Crippen molar-refractivity contribution in [1.29, 1.82) is 0 Å². The zero-order chi connectivity index (χ0) is 15.9. The van der Waals surface area contributed by atoms with Gasteiger partial charge < -0.3 is 10.1 Å². The Kier molecular flexibility index (Phi) is 6.39. The largest absolute Gasteiger partial charge is 0.444 e. The van der Waals surface area contributed by atoms with E-state index in [0.717, 1.165) is 4.88 Å². The van der Waals surface area contributed by atoms with Crippen molar-refractivity contribution >= 4 is 29.4 Å². The minimum Gasteiger partial charge on any atom is -0.444 e. The molecule has 6 nitrogen and oxygen atoms in total.